The lowest BCUT2D eigenvalue weighted by molar-refractivity contribution is -0.146. The smallest absolute Gasteiger partial charge is 0.314 e. The minimum atomic E-state index is -0.660. The highest BCUT2D eigenvalue weighted by Crippen LogP contribution is 2.44. The summed E-state index contributed by atoms with van der Waals surface area (Å²) in [6.45, 7) is 3.76. The molecule has 1 aliphatic carbocycles. The monoisotopic (exact) mass is 557 g/mol. The summed E-state index contributed by atoms with van der Waals surface area (Å²) in [7, 11) is 2.27. The number of piperidine rings is 2. The van der Waals surface area contributed by atoms with Crippen molar-refractivity contribution in [2.75, 3.05) is 25.5 Å². The first-order valence-electron chi connectivity index (χ1n) is 14.4. The van der Waals surface area contributed by atoms with E-state index in [0.29, 0.717) is 29.6 Å². The Balaban J connectivity index is 1.14. The Bertz CT molecular complexity index is 1580. The highest BCUT2D eigenvalue weighted by Gasteiger charge is 2.39. The van der Waals surface area contributed by atoms with Gasteiger partial charge in [-0.25, -0.2) is 4.98 Å². The molecule has 40 heavy (non-hydrogen) atoms. The summed E-state index contributed by atoms with van der Waals surface area (Å²) in [5.74, 6) is 0.358. The number of nitrogens with zero attached hydrogens (tertiary/aromatic N) is 5. The van der Waals surface area contributed by atoms with Crippen LogP contribution in [0.15, 0.2) is 36.8 Å². The molecule has 3 unspecified atom stereocenters. The van der Waals surface area contributed by atoms with Crippen molar-refractivity contribution in [2.45, 2.75) is 63.5 Å². The molecule has 4 aromatic rings. The van der Waals surface area contributed by atoms with Crippen LogP contribution >= 0.6 is 11.3 Å². The van der Waals surface area contributed by atoms with Crippen molar-refractivity contribution >= 4 is 50.0 Å². The van der Waals surface area contributed by atoms with Crippen LogP contribution in [0.1, 0.15) is 68.0 Å². The molecule has 2 aliphatic heterocycles. The van der Waals surface area contributed by atoms with Gasteiger partial charge in [0.1, 0.15) is 0 Å². The van der Waals surface area contributed by atoms with E-state index >= 15 is 0 Å². The number of hydrogen-bond acceptors (Lipinski definition) is 7. The van der Waals surface area contributed by atoms with Gasteiger partial charge in [0.25, 0.3) is 0 Å². The second kappa shape index (κ2) is 10.2. The zero-order valence-corrected chi connectivity index (χ0v) is 23.8. The van der Waals surface area contributed by atoms with Gasteiger partial charge in [-0.05, 0) is 68.7 Å². The molecule has 5 atom stereocenters. The first-order chi connectivity index (χ1) is 19.4. The van der Waals surface area contributed by atoms with Gasteiger partial charge in [0.2, 0.25) is 0 Å². The van der Waals surface area contributed by atoms with Crippen molar-refractivity contribution in [3.63, 3.8) is 0 Å². The van der Waals surface area contributed by atoms with E-state index in [4.69, 9.17) is 4.98 Å². The molecular formula is C30H35N7O2S. The molecule has 2 saturated heterocycles. The van der Waals surface area contributed by atoms with Gasteiger partial charge in [0.05, 0.1) is 44.9 Å². The fourth-order valence-electron chi connectivity index (χ4n) is 7.17. The standard InChI is InChI=1S/C30H35N7O2S/c1-17-6-8-25(37(15-17)30(39)28(38)33-24-14-31-12-20-13-32-35-27(20)24)19-7-9-26-23(11-19)34-29(40-26)22-16-36(2)21-5-3-4-18(22)10-21/h7,9,11-14,17-18,21-22,25H,3-6,8,10,15-16H2,1-2H3,(H,32,35)(H,33,38)/t17-,18?,21?,22?,25+/m0/s1. The van der Waals surface area contributed by atoms with E-state index in [-0.39, 0.29) is 6.04 Å². The van der Waals surface area contributed by atoms with E-state index in [1.807, 2.05) is 11.3 Å². The Hall–Kier alpha value is -3.37. The van der Waals surface area contributed by atoms with Crippen molar-refractivity contribution in [1.82, 2.24) is 30.0 Å². The Labute approximate surface area is 237 Å². The maximum absolute atomic E-state index is 13.6. The van der Waals surface area contributed by atoms with Crippen LogP contribution in [0.25, 0.3) is 21.1 Å². The van der Waals surface area contributed by atoms with Gasteiger partial charge in [0.15, 0.2) is 0 Å². The van der Waals surface area contributed by atoms with E-state index in [0.717, 1.165) is 47.8 Å². The fraction of sp³-hybridized carbons (Fsp3) is 0.500. The first-order valence-corrected chi connectivity index (χ1v) is 15.3. The molecule has 0 radical (unpaired) electrons. The van der Waals surface area contributed by atoms with Crippen LogP contribution in [-0.2, 0) is 9.59 Å². The highest BCUT2D eigenvalue weighted by atomic mass is 32.1. The Morgan fingerprint density at radius 1 is 1.10 bits per heavy atom. The molecule has 1 saturated carbocycles. The van der Waals surface area contributed by atoms with E-state index in [1.54, 1.807) is 17.3 Å². The minimum Gasteiger partial charge on any atom is -0.327 e. The van der Waals surface area contributed by atoms with Gasteiger partial charge in [-0.15, -0.1) is 11.3 Å². The van der Waals surface area contributed by atoms with Crippen LogP contribution in [0.4, 0.5) is 5.69 Å². The van der Waals surface area contributed by atoms with Crippen LogP contribution in [0.2, 0.25) is 0 Å². The second-order valence-electron chi connectivity index (χ2n) is 12.0. The predicted octanol–water partition coefficient (Wildman–Crippen LogP) is 5.09. The lowest BCUT2D eigenvalue weighted by Gasteiger charge is -2.45. The van der Waals surface area contributed by atoms with Gasteiger partial charge in [-0.2, -0.15) is 5.10 Å². The number of aromatic amines is 1. The Morgan fingerprint density at radius 3 is 2.90 bits per heavy atom. The van der Waals surface area contributed by atoms with Gasteiger partial charge < -0.3 is 15.1 Å². The van der Waals surface area contributed by atoms with Crippen LogP contribution in [0.5, 0.6) is 0 Å². The molecule has 1 aromatic carbocycles. The summed E-state index contributed by atoms with van der Waals surface area (Å²) in [5.41, 5.74) is 3.15. The van der Waals surface area contributed by atoms with Crippen molar-refractivity contribution in [2.24, 2.45) is 11.8 Å². The number of aromatic nitrogens is 4. The summed E-state index contributed by atoms with van der Waals surface area (Å²) >= 11 is 1.82. The van der Waals surface area contributed by atoms with Crippen molar-refractivity contribution in [3.8, 4) is 0 Å². The molecule has 0 spiro atoms. The van der Waals surface area contributed by atoms with E-state index in [9.17, 15) is 9.59 Å². The molecule has 9 nitrogen and oxygen atoms in total. The number of pyridine rings is 1. The fourth-order valence-corrected chi connectivity index (χ4v) is 8.31. The molecule has 3 fully saturated rings. The van der Waals surface area contributed by atoms with Gasteiger partial charge in [0, 0.05) is 36.6 Å². The van der Waals surface area contributed by atoms with Gasteiger partial charge >= 0.3 is 11.8 Å². The number of amides is 2. The number of fused-ring (bicyclic) bond motifs is 4. The third-order valence-corrected chi connectivity index (χ3v) is 10.5. The van der Waals surface area contributed by atoms with E-state index < -0.39 is 11.8 Å². The van der Waals surface area contributed by atoms with E-state index in [2.05, 4.69) is 57.6 Å². The number of likely N-dealkylation sites (tertiary alicyclic amines) is 2. The Kier molecular flexibility index (Phi) is 6.54. The molecule has 10 heteroatoms. The number of likely N-dealkylation sites (N-methyl/N-ethyl adjacent to an activating group) is 1. The highest BCUT2D eigenvalue weighted by molar-refractivity contribution is 7.18. The molecule has 2 N–H and O–H groups in total. The third-order valence-electron chi connectivity index (χ3n) is 9.37. The van der Waals surface area contributed by atoms with Gasteiger partial charge in [-0.1, -0.05) is 19.4 Å². The number of carbonyl (C=O) groups is 2. The van der Waals surface area contributed by atoms with Crippen LogP contribution < -0.4 is 5.32 Å². The lowest BCUT2D eigenvalue weighted by Crippen LogP contribution is -2.46. The van der Waals surface area contributed by atoms with Crippen molar-refractivity contribution in [1.29, 1.82) is 0 Å². The number of rotatable bonds is 3. The normalized spacial score (nSPS) is 27.2. The molecule has 5 heterocycles. The third kappa shape index (κ3) is 4.56. The molecule has 3 aliphatic rings. The van der Waals surface area contributed by atoms with Gasteiger partial charge in [-0.3, -0.25) is 19.7 Å². The molecule has 208 valence electrons. The number of H-pyrrole nitrogens is 1. The van der Waals surface area contributed by atoms with E-state index in [1.165, 1.54) is 41.6 Å². The molecule has 3 aromatic heterocycles. The number of nitrogens with one attached hydrogen (secondary N) is 2. The summed E-state index contributed by atoms with van der Waals surface area (Å²) in [5, 5.41) is 11.7. The Morgan fingerprint density at radius 2 is 2.00 bits per heavy atom. The number of carbonyl (C=O) groups excluding carboxylic acids is 2. The maximum atomic E-state index is 13.6. The number of hydrogen-bond donors (Lipinski definition) is 2. The summed E-state index contributed by atoms with van der Waals surface area (Å²) < 4.78 is 1.19. The summed E-state index contributed by atoms with van der Waals surface area (Å²) in [6.07, 6.45) is 11.9. The maximum Gasteiger partial charge on any atom is 0.314 e. The minimum absolute atomic E-state index is 0.162. The van der Waals surface area contributed by atoms with Crippen LogP contribution in [0.3, 0.4) is 0 Å². The topological polar surface area (TPSA) is 107 Å². The number of benzene rings is 1. The zero-order chi connectivity index (χ0) is 27.4. The average Bonchev–Trinajstić information content (AvgIpc) is 3.62. The average molecular weight is 558 g/mol. The number of thiazole rings is 1. The number of anilines is 1. The lowest BCUT2D eigenvalue weighted by atomic mass is 9.74. The zero-order valence-electron chi connectivity index (χ0n) is 23.0. The van der Waals surface area contributed by atoms with Crippen molar-refractivity contribution < 1.29 is 9.59 Å². The molecule has 2 bridgehead atoms. The van der Waals surface area contributed by atoms with Crippen molar-refractivity contribution in [3.05, 3.63) is 47.4 Å². The van der Waals surface area contributed by atoms with Crippen LogP contribution in [-0.4, -0.2) is 68.0 Å². The SMILES string of the molecule is C[C@H]1CC[C@H](c2ccc3sc(C4CN(C)C5CCCC4C5)nc3c2)N(C(=O)C(=O)Nc2cncc3cn[nH]c23)C1. The van der Waals surface area contributed by atoms with Crippen LogP contribution in [0, 0.1) is 11.8 Å². The quantitative estimate of drug-likeness (QED) is 0.340. The molecule has 2 amide bonds. The predicted molar refractivity (Wildman–Crippen MR) is 156 cm³/mol. The summed E-state index contributed by atoms with van der Waals surface area (Å²) in [6, 6.07) is 7.01. The molecular weight excluding hydrogens is 522 g/mol. The second-order valence-corrected chi connectivity index (χ2v) is 13.1. The summed E-state index contributed by atoms with van der Waals surface area (Å²) in [4.78, 5) is 40.4. The molecule has 7 rings (SSSR count). The first kappa shape index (κ1) is 25.6. The largest absolute Gasteiger partial charge is 0.327 e.